The molecule has 4 rings (SSSR count). The molecule has 3 aromatic rings. The van der Waals surface area contributed by atoms with Crippen molar-refractivity contribution >= 4 is 45.9 Å². The molecular formula is C23H20N2O4S. The van der Waals surface area contributed by atoms with E-state index in [0.29, 0.717) is 11.4 Å². The molecule has 0 atom stereocenters. The van der Waals surface area contributed by atoms with E-state index in [2.05, 4.69) is 16.7 Å². The minimum absolute atomic E-state index is 0.200. The average molecular weight is 420 g/mol. The molecule has 0 N–H and O–H groups in total. The van der Waals surface area contributed by atoms with E-state index in [9.17, 15) is 14.4 Å². The van der Waals surface area contributed by atoms with Crippen molar-refractivity contribution < 1.29 is 19.1 Å². The molecule has 2 amide bonds. The third-order valence-corrected chi connectivity index (χ3v) is 5.68. The second-order valence-corrected chi connectivity index (χ2v) is 7.78. The largest absolute Gasteiger partial charge is 0.465 e. The molecule has 0 spiro atoms. The highest BCUT2D eigenvalue weighted by molar-refractivity contribution is 8.18. The number of hydrogen-bond donors (Lipinski definition) is 0. The molecule has 7 heteroatoms. The molecule has 1 saturated heterocycles. The quantitative estimate of drug-likeness (QED) is 0.440. The highest BCUT2D eigenvalue weighted by Gasteiger charge is 2.36. The SMILES string of the molecule is CCOC(=O)CN1C(=O)S/C(=C\c2cn(Cc3ccccc3)c3ccccc23)C1=O. The Labute approximate surface area is 178 Å². The molecule has 0 bridgehead atoms. The van der Waals surface area contributed by atoms with E-state index in [0.717, 1.165) is 33.1 Å². The Balaban J connectivity index is 1.65. The highest BCUT2D eigenvalue weighted by Crippen LogP contribution is 2.34. The predicted molar refractivity (Wildman–Crippen MR) is 117 cm³/mol. The number of nitrogens with zero attached hydrogens (tertiary/aromatic N) is 2. The molecule has 0 saturated carbocycles. The lowest BCUT2D eigenvalue weighted by Crippen LogP contribution is -2.34. The van der Waals surface area contributed by atoms with Gasteiger partial charge in [0.15, 0.2) is 0 Å². The summed E-state index contributed by atoms with van der Waals surface area (Å²) in [7, 11) is 0. The van der Waals surface area contributed by atoms with E-state index >= 15 is 0 Å². The Hall–Kier alpha value is -3.32. The molecular weight excluding hydrogens is 400 g/mol. The molecule has 1 aliphatic heterocycles. The fourth-order valence-corrected chi connectivity index (χ4v) is 4.24. The lowest BCUT2D eigenvalue weighted by molar-refractivity contribution is -0.145. The van der Waals surface area contributed by atoms with Gasteiger partial charge in [0.1, 0.15) is 6.54 Å². The van der Waals surface area contributed by atoms with Gasteiger partial charge in [-0.05, 0) is 36.4 Å². The number of hydrogen-bond acceptors (Lipinski definition) is 5. The first-order chi connectivity index (χ1) is 14.6. The Morgan fingerprint density at radius 1 is 1.07 bits per heavy atom. The van der Waals surface area contributed by atoms with Gasteiger partial charge < -0.3 is 9.30 Å². The molecule has 2 aromatic carbocycles. The standard InChI is InChI=1S/C23H20N2O4S/c1-2-29-21(26)15-25-22(27)20(30-23(25)28)12-17-14-24(13-16-8-4-3-5-9-16)19-11-7-6-10-18(17)19/h3-12,14H,2,13,15H2,1H3/b20-12-. The lowest BCUT2D eigenvalue weighted by atomic mass is 10.1. The number of ether oxygens (including phenoxy) is 1. The summed E-state index contributed by atoms with van der Waals surface area (Å²) >= 11 is 0.840. The molecule has 152 valence electrons. The number of rotatable bonds is 6. The zero-order valence-electron chi connectivity index (χ0n) is 16.4. The maximum Gasteiger partial charge on any atom is 0.326 e. The van der Waals surface area contributed by atoms with Crippen LogP contribution in [-0.4, -0.2) is 39.7 Å². The summed E-state index contributed by atoms with van der Waals surface area (Å²) in [6.45, 7) is 2.20. The first-order valence-corrected chi connectivity index (χ1v) is 10.4. The van der Waals surface area contributed by atoms with Crippen LogP contribution < -0.4 is 0 Å². The topological polar surface area (TPSA) is 68.6 Å². The van der Waals surface area contributed by atoms with E-state index in [1.807, 2.05) is 48.7 Å². The van der Waals surface area contributed by atoms with Crippen LogP contribution in [0.3, 0.4) is 0 Å². The van der Waals surface area contributed by atoms with Crippen LogP contribution in [-0.2, 0) is 20.9 Å². The van der Waals surface area contributed by atoms with Crippen molar-refractivity contribution in [1.82, 2.24) is 9.47 Å². The first kappa shape index (κ1) is 20.0. The number of fused-ring (bicyclic) bond motifs is 1. The number of imide groups is 1. The van der Waals surface area contributed by atoms with Gasteiger partial charge in [0.25, 0.3) is 11.1 Å². The Bertz CT molecular complexity index is 1150. The van der Waals surface area contributed by atoms with Gasteiger partial charge in [-0.15, -0.1) is 0 Å². The second-order valence-electron chi connectivity index (χ2n) is 6.79. The first-order valence-electron chi connectivity index (χ1n) is 9.59. The van der Waals surface area contributed by atoms with Gasteiger partial charge in [0.05, 0.1) is 11.5 Å². The normalized spacial score (nSPS) is 15.4. The fourth-order valence-electron chi connectivity index (χ4n) is 3.41. The van der Waals surface area contributed by atoms with Gasteiger partial charge in [0.2, 0.25) is 0 Å². The Morgan fingerprint density at radius 3 is 2.57 bits per heavy atom. The van der Waals surface area contributed by atoms with Crippen LogP contribution >= 0.6 is 11.8 Å². The maximum atomic E-state index is 12.7. The summed E-state index contributed by atoms with van der Waals surface area (Å²) in [4.78, 5) is 37.9. The van der Waals surface area contributed by atoms with Gasteiger partial charge in [-0.25, -0.2) is 0 Å². The van der Waals surface area contributed by atoms with Crippen molar-refractivity contribution in [2.45, 2.75) is 13.5 Å². The number of carbonyl (C=O) groups is 3. The zero-order chi connectivity index (χ0) is 21.1. The molecule has 1 fully saturated rings. The minimum Gasteiger partial charge on any atom is -0.465 e. The van der Waals surface area contributed by atoms with Gasteiger partial charge in [-0.2, -0.15) is 0 Å². The summed E-state index contributed by atoms with van der Waals surface area (Å²) in [5.74, 6) is -1.07. The molecule has 0 radical (unpaired) electrons. The van der Waals surface area contributed by atoms with Crippen LogP contribution in [0.5, 0.6) is 0 Å². The van der Waals surface area contributed by atoms with Crippen LogP contribution in [0.15, 0.2) is 65.7 Å². The van der Waals surface area contributed by atoms with Crippen LogP contribution in [0.25, 0.3) is 17.0 Å². The zero-order valence-corrected chi connectivity index (χ0v) is 17.2. The van der Waals surface area contributed by atoms with Crippen molar-refractivity contribution in [1.29, 1.82) is 0 Å². The van der Waals surface area contributed by atoms with Crippen LogP contribution in [0, 0.1) is 0 Å². The smallest absolute Gasteiger partial charge is 0.326 e. The number of para-hydroxylation sites is 1. The van der Waals surface area contributed by atoms with E-state index in [4.69, 9.17) is 4.74 Å². The van der Waals surface area contributed by atoms with Gasteiger partial charge in [-0.1, -0.05) is 48.5 Å². The molecule has 0 aliphatic carbocycles. The van der Waals surface area contributed by atoms with E-state index in [1.54, 1.807) is 13.0 Å². The minimum atomic E-state index is -0.597. The summed E-state index contributed by atoms with van der Waals surface area (Å²) in [6.07, 6.45) is 3.71. The Kier molecular flexibility index (Phi) is 5.72. The maximum absolute atomic E-state index is 12.7. The van der Waals surface area contributed by atoms with Gasteiger partial charge >= 0.3 is 5.97 Å². The third kappa shape index (κ3) is 4.02. The number of benzene rings is 2. The van der Waals surface area contributed by atoms with Gasteiger partial charge in [-0.3, -0.25) is 19.3 Å². The molecule has 1 aliphatic rings. The number of carbonyl (C=O) groups excluding carboxylic acids is 3. The Morgan fingerprint density at radius 2 is 1.80 bits per heavy atom. The number of aromatic nitrogens is 1. The number of thioether (sulfide) groups is 1. The average Bonchev–Trinajstić information content (AvgIpc) is 3.21. The van der Waals surface area contributed by atoms with Crippen molar-refractivity contribution in [3.8, 4) is 0 Å². The molecule has 30 heavy (non-hydrogen) atoms. The second kappa shape index (κ2) is 8.59. The van der Waals surface area contributed by atoms with Crippen molar-refractivity contribution in [2.24, 2.45) is 0 Å². The highest BCUT2D eigenvalue weighted by atomic mass is 32.2. The molecule has 1 aromatic heterocycles. The molecule has 6 nitrogen and oxygen atoms in total. The van der Waals surface area contributed by atoms with E-state index < -0.39 is 17.1 Å². The number of amides is 2. The summed E-state index contributed by atoms with van der Waals surface area (Å²) in [6, 6.07) is 18.1. The summed E-state index contributed by atoms with van der Waals surface area (Å²) in [5.41, 5.74) is 3.06. The van der Waals surface area contributed by atoms with Crippen LogP contribution in [0.4, 0.5) is 4.79 Å². The van der Waals surface area contributed by atoms with Crippen molar-refractivity contribution in [3.05, 3.63) is 76.8 Å². The van der Waals surface area contributed by atoms with E-state index in [1.165, 1.54) is 5.56 Å². The van der Waals surface area contributed by atoms with Crippen LogP contribution in [0.1, 0.15) is 18.1 Å². The summed E-state index contributed by atoms with van der Waals surface area (Å²) in [5, 5.41) is 0.526. The van der Waals surface area contributed by atoms with Gasteiger partial charge in [0, 0.05) is 29.2 Å². The van der Waals surface area contributed by atoms with Crippen molar-refractivity contribution in [3.63, 3.8) is 0 Å². The summed E-state index contributed by atoms with van der Waals surface area (Å²) < 4.78 is 6.98. The van der Waals surface area contributed by atoms with Crippen molar-refractivity contribution in [2.75, 3.05) is 13.2 Å². The number of esters is 1. The third-order valence-electron chi connectivity index (χ3n) is 4.77. The molecule has 2 heterocycles. The predicted octanol–water partition coefficient (Wildman–Crippen LogP) is 4.29. The molecule has 0 unspecified atom stereocenters. The van der Waals surface area contributed by atoms with E-state index in [-0.39, 0.29) is 13.2 Å². The van der Waals surface area contributed by atoms with Crippen LogP contribution in [0.2, 0.25) is 0 Å². The monoisotopic (exact) mass is 420 g/mol. The lowest BCUT2D eigenvalue weighted by Gasteiger charge is -2.10. The fraction of sp³-hybridized carbons (Fsp3) is 0.174.